The first-order valence-electron chi connectivity index (χ1n) is 2.68. The number of hydrogen-bond acceptors (Lipinski definition) is 4. The Morgan fingerprint density at radius 1 is 1.67 bits per heavy atom. The summed E-state index contributed by atoms with van der Waals surface area (Å²) in [4.78, 5) is 10.4. The molecule has 0 saturated carbocycles. The summed E-state index contributed by atoms with van der Waals surface area (Å²) in [5.41, 5.74) is 0. The van der Waals surface area contributed by atoms with Gasteiger partial charge in [-0.25, -0.2) is 4.79 Å². The van der Waals surface area contributed by atoms with E-state index in [2.05, 4.69) is 15.4 Å². The molecule has 1 amide bonds. The largest absolute Gasteiger partial charge is 0.416 e. The van der Waals surface area contributed by atoms with E-state index in [-0.39, 0.29) is 6.17 Å². The molecule has 0 bridgehead atoms. The Morgan fingerprint density at radius 3 is 3.33 bits per heavy atom. The second-order valence-electron chi connectivity index (χ2n) is 1.91. The number of fused-ring (bicyclic) bond motifs is 1. The monoisotopic (exact) mass is 130 g/mol. The van der Waals surface area contributed by atoms with Gasteiger partial charge in [-0.15, -0.1) is 0 Å². The van der Waals surface area contributed by atoms with Gasteiger partial charge < -0.3 is 9.47 Å². The highest BCUT2D eigenvalue weighted by atomic mass is 16.7. The van der Waals surface area contributed by atoms with Crippen molar-refractivity contribution >= 4 is 6.09 Å². The molecule has 0 radical (unpaired) electrons. The van der Waals surface area contributed by atoms with Gasteiger partial charge in [-0.3, -0.25) is 10.6 Å². The van der Waals surface area contributed by atoms with Crippen molar-refractivity contribution in [3.8, 4) is 0 Å². The molecule has 0 aromatic heterocycles. The van der Waals surface area contributed by atoms with Gasteiger partial charge in [0.05, 0.1) is 0 Å². The maximum Gasteiger partial charge on any atom is 0.411 e. The molecule has 9 heavy (non-hydrogen) atoms. The smallest absolute Gasteiger partial charge is 0.411 e. The van der Waals surface area contributed by atoms with Gasteiger partial charge in [-0.2, -0.15) is 0 Å². The average Bonchev–Trinajstić information content (AvgIpc) is 2.22. The van der Waals surface area contributed by atoms with Crippen LogP contribution in [0.4, 0.5) is 4.79 Å². The molecular formula is C4H6N2O3. The van der Waals surface area contributed by atoms with Crippen LogP contribution < -0.4 is 10.6 Å². The Bertz CT molecular complexity index is 135. The molecule has 0 aromatic rings. The van der Waals surface area contributed by atoms with Crippen LogP contribution in [-0.4, -0.2) is 25.3 Å². The summed E-state index contributed by atoms with van der Waals surface area (Å²) in [6.45, 7) is 0.440. The Labute approximate surface area is 51.3 Å². The van der Waals surface area contributed by atoms with Crippen molar-refractivity contribution in [3.05, 3.63) is 0 Å². The first-order chi connectivity index (χ1) is 4.36. The lowest BCUT2D eigenvalue weighted by Gasteiger charge is -2.00. The van der Waals surface area contributed by atoms with Crippen LogP contribution in [0.2, 0.25) is 0 Å². The molecule has 2 N–H and O–H groups in total. The van der Waals surface area contributed by atoms with Gasteiger partial charge in [0, 0.05) is 0 Å². The van der Waals surface area contributed by atoms with Gasteiger partial charge in [0.1, 0.15) is 12.9 Å². The fourth-order valence-electron chi connectivity index (χ4n) is 0.900. The highest BCUT2D eigenvalue weighted by Gasteiger charge is 2.38. The molecule has 0 aromatic carbocycles. The molecule has 2 rings (SSSR count). The molecular weight excluding hydrogens is 124 g/mol. The number of rotatable bonds is 0. The standard InChI is InChI=1S/C4H6N2O3/c7-4-6-2-3(9-4)8-1-5-2/h2-3,5H,1H2,(H,6,7). The van der Waals surface area contributed by atoms with E-state index in [1.807, 2.05) is 0 Å². The Balaban J connectivity index is 2.09. The molecule has 5 heteroatoms. The first-order valence-corrected chi connectivity index (χ1v) is 2.68. The van der Waals surface area contributed by atoms with Crippen LogP contribution in [0.3, 0.4) is 0 Å². The third-order valence-electron chi connectivity index (χ3n) is 1.32. The van der Waals surface area contributed by atoms with Crippen LogP contribution >= 0.6 is 0 Å². The summed E-state index contributed by atoms with van der Waals surface area (Å²) in [5.74, 6) is 0. The van der Waals surface area contributed by atoms with Crippen molar-refractivity contribution in [2.24, 2.45) is 0 Å². The molecule has 5 nitrogen and oxygen atoms in total. The fraction of sp³-hybridized carbons (Fsp3) is 0.750. The average molecular weight is 130 g/mol. The van der Waals surface area contributed by atoms with Crippen LogP contribution in [0.5, 0.6) is 0 Å². The van der Waals surface area contributed by atoms with Crippen molar-refractivity contribution in [3.63, 3.8) is 0 Å². The number of carbonyl (C=O) groups excluding carboxylic acids is 1. The van der Waals surface area contributed by atoms with Gasteiger partial charge in [0.25, 0.3) is 0 Å². The molecule has 2 saturated heterocycles. The number of amides is 1. The SMILES string of the molecule is O=C1NC2NCOC2O1. The Morgan fingerprint density at radius 2 is 2.56 bits per heavy atom. The zero-order chi connectivity index (χ0) is 6.27. The van der Waals surface area contributed by atoms with Crippen LogP contribution in [0.15, 0.2) is 0 Å². The van der Waals surface area contributed by atoms with Crippen molar-refractivity contribution in [2.75, 3.05) is 6.73 Å². The van der Waals surface area contributed by atoms with Gasteiger partial charge in [-0.05, 0) is 0 Å². The van der Waals surface area contributed by atoms with E-state index in [1.165, 1.54) is 0 Å². The number of hydrogen-bond donors (Lipinski definition) is 2. The van der Waals surface area contributed by atoms with Crippen LogP contribution in [0.1, 0.15) is 0 Å². The minimum absolute atomic E-state index is 0.141. The van der Waals surface area contributed by atoms with Crippen LogP contribution in [0.25, 0.3) is 0 Å². The summed E-state index contributed by atoms with van der Waals surface area (Å²) in [7, 11) is 0. The van der Waals surface area contributed by atoms with Crippen LogP contribution in [0, 0.1) is 0 Å². The predicted molar refractivity (Wildman–Crippen MR) is 26.3 cm³/mol. The Kier molecular flexibility index (Phi) is 0.882. The lowest BCUT2D eigenvalue weighted by Crippen LogP contribution is -2.37. The van der Waals surface area contributed by atoms with Crippen LogP contribution in [-0.2, 0) is 9.47 Å². The van der Waals surface area contributed by atoms with Gasteiger partial charge in [0.2, 0.25) is 6.29 Å². The number of alkyl carbamates (subject to hydrolysis) is 1. The first kappa shape index (κ1) is 5.01. The van der Waals surface area contributed by atoms with E-state index in [4.69, 9.17) is 4.74 Å². The van der Waals surface area contributed by atoms with Crippen molar-refractivity contribution in [1.29, 1.82) is 0 Å². The predicted octanol–water partition coefficient (Wildman–Crippen LogP) is -1.04. The fourth-order valence-corrected chi connectivity index (χ4v) is 0.900. The van der Waals surface area contributed by atoms with E-state index in [0.717, 1.165) is 0 Å². The van der Waals surface area contributed by atoms with E-state index >= 15 is 0 Å². The summed E-state index contributed by atoms with van der Waals surface area (Å²) in [6, 6.07) is 0. The number of ether oxygens (including phenoxy) is 2. The van der Waals surface area contributed by atoms with E-state index in [9.17, 15) is 4.79 Å². The third kappa shape index (κ3) is 0.655. The summed E-state index contributed by atoms with van der Waals surface area (Å²) in [6.07, 6.45) is -0.979. The van der Waals surface area contributed by atoms with Crippen molar-refractivity contribution in [1.82, 2.24) is 10.6 Å². The molecule has 50 valence electrons. The molecule has 2 unspecified atom stereocenters. The zero-order valence-electron chi connectivity index (χ0n) is 4.59. The van der Waals surface area contributed by atoms with E-state index in [0.29, 0.717) is 6.73 Å². The summed E-state index contributed by atoms with van der Waals surface area (Å²) in [5, 5.41) is 5.39. The highest BCUT2D eigenvalue weighted by molar-refractivity contribution is 5.69. The molecule has 2 fully saturated rings. The van der Waals surface area contributed by atoms with Gasteiger partial charge in [0.15, 0.2) is 0 Å². The second kappa shape index (κ2) is 1.58. The minimum Gasteiger partial charge on any atom is -0.416 e. The summed E-state index contributed by atoms with van der Waals surface area (Å²) >= 11 is 0. The van der Waals surface area contributed by atoms with Crippen molar-refractivity contribution in [2.45, 2.75) is 12.5 Å². The molecule has 0 spiro atoms. The lowest BCUT2D eigenvalue weighted by molar-refractivity contribution is -0.0507. The van der Waals surface area contributed by atoms with Gasteiger partial charge in [-0.1, -0.05) is 0 Å². The Hall–Kier alpha value is -0.810. The molecule has 2 atom stereocenters. The summed E-state index contributed by atoms with van der Waals surface area (Å²) < 4.78 is 9.58. The zero-order valence-corrected chi connectivity index (χ0v) is 4.59. The molecule has 2 aliphatic heterocycles. The topological polar surface area (TPSA) is 59.6 Å². The minimum atomic E-state index is -0.419. The molecule has 2 aliphatic rings. The van der Waals surface area contributed by atoms with Gasteiger partial charge >= 0.3 is 6.09 Å². The number of carbonyl (C=O) groups is 1. The lowest BCUT2D eigenvalue weighted by atomic mass is 10.5. The normalized spacial score (nSPS) is 39.8. The van der Waals surface area contributed by atoms with E-state index in [1.54, 1.807) is 0 Å². The molecule has 0 aliphatic carbocycles. The molecule has 2 heterocycles. The van der Waals surface area contributed by atoms with Crippen molar-refractivity contribution < 1.29 is 14.3 Å². The quantitative estimate of drug-likeness (QED) is 0.439. The maximum atomic E-state index is 10.4. The number of nitrogens with one attached hydrogen (secondary N) is 2. The second-order valence-corrected chi connectivity index (χ2v) is 1.91. The maximum absolute atomic E-state index is 10.4. The van der Waals surface area contributed by atoms with E-state index < -0.39 is 12.4 Å². The third-order valence-corrected chi connectivity index (χ3v) is 1.32. The highest BCUT2D eigenvalue weighted by Crippen LogP contribution is 2.11.